The number of aliphatic hydroxyl groups is 1. The van der Waals surface area contributed by atoms with E-state index >= 15 is 0 Å². The predicted molar refractivity (Wildman–Crippen MR) is 83.4 cm³/mol. The maximum absolute atomic E-state index is 12.4. The molecule has 0 heterocycles. The van der Waals surface area contributed by atoms with Crippen molar-refractivity contribution >= 4 is 5.91 Å². The molecule has 0 saturated carbocycles. The maximum atomic E-state index is 12.4. The van der Waals surface area contributed by atoms with Crippen LogP contribution >= 0.6 is 0 Å². The molecule has 0 bridgehead atoms. The highest BCUT2D eigenvalue weighted by Crippen LogP contribution is 2.25. The minimum Gasteiger partial charge on any atom is -0.391 e. The van der Waals surface area contributed by atoms with E-state index in [9.17, 15) is 9.90 Å². The molecule has 3 nitrogen and oxygen atoms in total. The third-order valence-electron chi connectivity index (χ3n) is 4.35. The highest BCUT2D eigenvalue weighted by molar-refractivity contribution is 5.98. The first-order valence-electron chi connectivity index (χ1n) is 7.34. The zero-order chi connectivity index (χ0) is 15.4. The third kappa shape index (κ3) is 3.40. The molecule has 0 fully saturated rings. The number of benzene rings is 1. The molecule has 3 heteroatoms. The number of hydrogen-bond donors (Lipinski definition) is 2. The molecule has 0 aliphatic rings. The van der Waals surface area contributed by atoms with E-state index < -0.39 is 6.10 Å². The van der Waals surface area contributed by atoms with Gasteiger partial charge < -0.3 is 10.4 Å². The molecule has 1 aromatic rings. The lowest BCUT2D eigenvalue weighted by atomic mass is 9.89. The topological polar surface area (TPSA) is 49.3 Å². The minimum atomic E-state index is -0.461. The van der Waals surface area contributed by atoms with Crippen LogP contribution < -0.4 is 5.32 Å². The van der Waals surface area contributed by atoms with E-state index in [2.05, 4.69) is 26.1 Å². The second kappa shape index (κ2) is 6.89. The maximum Gasteiger partial charge on any atom is 0.251 e. The molecule has 20 heavy (non-hydrogen) atoms. The molecule has 0 saturated heterocycles. The van der Waals surface area contributed by atoms with E-state index in [4.69, 9.17) is 0 Å². The van der Waals surface area contributed by atoms with Gasteiger partial charge in [-0.1, -0.05) is 13.3 Å². The number of carbonyl (C=O) groups is 1. The van der Waals surface area contributed by atoms with Gasteiger partial charge in [-0.3, -0.25) is 4.79 Å². The number of amides is 1. The van der Waals surface area contributed by atoms with Gasteiger partial charge in [0.2, 0.25) is 0 Å². The first kappa shape index (κ1) is 16.7. The van der Waals surface area contributed by atoms with Crippen molar-refractivity contribution in [3.63, 3.8) is 0 Å². The van der Waals surface area contributed by atoms with Gasteiger partial charge in [-0.25, -0.2) is 0 Å². The molecule has 1 rings (SSSR count). The zero-order valence-electron chi connectivity index (χ0n) is 13.6. The lowest BCUT2D eigenvalue weighted by Crippen LogP contribution is -2.33. The van der Waals surface area contributed by atoms with E-state index in [1.165, 1.54) is 16.7 Å². The smallest absolute Gasteiger partial charge is 0.251 e. The average Bonchev–Trinajstić information content (AvgIpc) is 2.41. The van der Waals surface area contributed by atoms with Gasteiger partial charge in [-0.05, 0) is 68.9 Å². The molecule has 1 aromatic carbocycles. The van der Waals surface area contributed by atoms with Crippen LogP contribution in [-0.2, 0) is 0 Å². The van der Waals surface area contributed by atoms with Gasteiger partial charge >= 0.3 is 0 Å². The number of aliphatic hydroxyl groups excluding tert-OH is 1. The van der Waals surface area contributed by atoms with Crippen molar-refractivity contribution in [3.8, 4) is 0 Å². The summed E-state index contributed by atoms with van der Waals surface area (Å²) >= 11 is 0. The monoisotopic (exact) mass is 277 g/mol. The summed E-state index contributed by atoms with van der Waals surface area (Å²) in [5.41, 5.74) is 6.43. The van der Waals surface area contributed by atoms with Crippen LogP contribution in [0.15, 0.2) is 0 Å². The second-order valence-corrected chi connectivity index (χ2v) is 5.65. The average molecular weight is 277 g/mol. The number of hydrogen-bond acceptors (Lipinski definition) is 2. The van der Waals surface area contributed by atoms with Gasteiger partial charge in [0.05, 0.1) is 6.10 Å². The molecule has 0 radical (unpaired) electrons. The van der Waals surface area contributed by atoms with Gasteiger partial charge in [0, 0.05) is 12.1 Å². The fraction of sp³-hybridized carbons (Fsp3) is 0.588. The van der Waals surface area contributed by atoms with E-state index in [1.54, 1.807) is 0 Å². The molecule has 0 spiro atoms. The van der Waals surface area contributed by atoms with Crippen molar-refractivity contribution in [2.24, 2.45) is 0 Å². The Hall–Kier alpha value is -1.35. The molecular weight excluding hydrogens is 250 g/mol. The minimum absolute atomic E-state index is 0.0821. The Morgan fingerprint density at radius 2 is 1.45 bits per heavy atom. The molecule has 1 atom stereocenters. The molecule has 1 unspecified atom stereocenters. The molecule has 0 aromatic heterocycles. The first-order valence-corrected chi connectivity index (χ1v) is 7.34. The van der Waals surface area contributed by atoms with Gasteiger partial charge in [0.25, 0.3) is 5.91 Å². The van der Waals surface area contributed by atoms with Crippen molar-refractivity contribution in [1.29, 1.82) is 0 Å². The summed E-state index contributed by atoms with van der Waals surface area (Å²) in [6.07, 6.45) is 1.17. The van der Waals surface area contributed by atoms with Gasteiger partial charge in [-0.2, -0.15) is 0 Å². The molecular formula is C17H27NO2. The predicted octanol–water partition coefficient (Wildman–Crippen LogP) is 3.12. The lowest BCUT2D eigenvalue weighted by molar-refractivity contribution is 0.0908. The van der Waals surface area contributed by atoms with E-state index in [0.29, 0.717) is 13.0 Å². The highest BCUT2D eigenvalue weighted by atomic mass is 16.3. The van der Waals surface area contributed by atoms with Crippen molar-refractivity contribution in [2.75, 3.05) is 6.54 Å². The Bertz CT molecular complexity index is 477. The van der Waals surface area contributed by atoms with E-state index in [1.807, 2.05) is 20.8 Å². The van der Waals surface area contributed by atoms with Crippen LogP contribution in [0.25, 0.3) is 0 Å². The van der Waals surface area contributed by atoms with Gasteiger partial charge in [0.1, 0.15) is 0 Å². The van der Waals surface area contributed by atoms with Crippen LogP contribution in [0.3, 0.4) is 0 Å². The van der Waals surface area contributed by atoms with Crippen LogP contribution in [0.5, 0.6) is 0 Å². The second-order valence-electron chi connectivity index (χ2n) is 5.65. The third-order valence-corrected chi connectivity index (χ3v) is 4.35. The van der Waals surface area contributed by atoms with Crippen molar-refractivity contribution in [1.82, 2.24) is 5.32 Å². The Kier molecular flexibility index (Phi) is 5.75. The SMILES string of the molecule is CCCC(O)CNC(=O)c1c(C)c(C)c(C)c(C)c1C. The normalized spacial score (nSPS) is 12.3. The Morgan fingerprint density at radius 3 is 1.90 bits per heavy atom. The quantitative estimate of drug-likeness (QED) is 0.868. The summed E-state index contributed by atoms with van der Waals surface area (Å²) in [4.78, 5) is 12.4. The van der Waals surface area contributed by atoms with E-state index in [-0.39, 0.29) is 5.91 Å². The van der Waals surface area contributed by atoms with Crippen molar-refractivity contribution < 1.29 is 9.90 Å². The summed E-state index contributed by atoms with van der Waals surface area (Å²) < 4.78 is 0. The summed E-state index contributed by atoms with van der Waals surface area (Å²) in [7, 11) is 0. The molecule has 2 N–H and O–H groups in total. The Balaban J connectivity index is 3.00. The fourth-order valence-electron chi connectivity index (χ4n) is 2.57. The van der Waals surface area contributed by atoms with Crippen LogP contribution in [0, 0.1) is 34.6 Å². The number of rotatable bonds is 5. The number of nitrogens with one attached hydrogen (secondary N) is 1. The first-order chi connectivity index (χ1) is 9.31. The van der Waals surface area contributed by atoms with Crippen LogP contribution in [0.2, 0.25) is 0 Å². The number of carbonyl (C=O) groups excluding carboxylic acids is 1. The highest BCUT2D eigenvalue weighted by Gasteiger charge is 2.18. The zero-order valence-corrected chi connectivity index (χ0v) is 13.6. The largest absolute Gasteiger partial charge is 0.391 e. The molecule has 112 valence electrons. The molecule has 1 amide bonds. The lowest BCUT2D eigenvalue weighted by Gasteiger charge is -2.19. The van der Waals surface area contributed by atoms with Gasteiger partial charge in [0.15, 0.2) is 0 Å². The Labute approximate surface area is 122 Å². The van der Waals surface area contributed by atoms with Crippen LogP contribution in [-0.4, -0.2) is 23.7 Å². The molecule has 0 aliphatic heterocycles. The van der Waals surface area contributed by atoms with Crippen molar-refractivity contribution in [2.45, 2.75) is 60.5 Å². The van der Waals surface area contributed by atoms with Crippen LogP contribution in [0.1, 0.15) is 57.9 Å². The van der Waals surface area contributed by atoms with Gasteiger partial charge in [-0.15, -0.1) is 0 Å². The summed E-state index contributed by atoms with van der Waals surface area (Å²) in [6, 6.07) is 0. The fourth-order valence-corrected chi connectivity index (χ4v) is 2.57. The summed E-state index contributed by atoms with van der Waals surface area (Å²) in [5.74, 6) is -0.0821. The van der Waals surface area contributed by atoms with E-state index in [0.717, 1.165) is 23.1 Å². The van der Waals surface area contributed by atoms with Crippen LogP contribution in [0.4, 0.5) is 0 Å². The Morgan fingerprint density at radius 1 is 1.00 bits per heavy atom. The molecule has 0 aliphatic carbocycles. The summed E-state index contributed by atoms with van der Waals surface area (Å²) in [6.45, 7) is 12.5. The standard InChI is InChI=1S/C17H27NO2/c1-7-8-15(19)9-18-17(20)16-13(5)11(3)10(2)12(4)14(16)6/h15,19H,7-9H2,1-6H3,(H,18,20). The van der Waals surface area contributed by atoms with Crippen molar-refractivity contribution in [3.05, 3.63) is 33.4 Å². The summed E-state index contributed by atoms with van der Waals surface area (Å²) in [5, 5.41) is 12.6.